The third kappa shape index (κ3) is 3.61. The fraction of sp³-hybridized carbons (Fsp3) is 0.267. The predicted octanol–water partition coefficient (Wildman–Crippen LogP) is 2.54. The molecular weight excluding hydrogens is 256 g/mol. The summed E-state index contributed by atoms with van der Waals surface area (Å²) in [4.78, 5) is 12.0. The Morgan fingerprint density at radius 2 is 1.95 bits per heavy atom. The maximum atomic E-state index is 12.0. The van der Waals surface area contributed by atoms with Crippen molar-refractivity contribution < 1.29 is 13.9 Å². The second kappa shape index (κ2) is 5.79. The molecule has 2 rings (SSSR count). The number of para-hydroxylation sites is 1. The predicted molar refractivity (Wildman–Crippen MR) is 75.8 cm³/mol. The Morgan fingerprint density at radius 3 is 2.60 bits per heavy atom. The summed E-state index contributed by atoms with van der Waals surface area (Å²) in [6.45, 7) is 4.03. The van der Waals surface area contributed by atoms with Crippen molar-refractivity contribution in [1.82, 2.24) is 5.32 Å². The van der Waals surface area contributed by atoms with Crippen molar-refractivity contribution >= 4 is 5.91 Å². The second-order valence-electron chi connectivity index (χ2n) is 5.08. The largest absolute Gasteiger partial charge is 0.426 e. The molecule has 1 aromatic carbocycles. The van der Waals surface area contributed by atoms with Crippen LogP contribution in [0.4, 0.5) is 0 Å². The molecule has 0 fully saturated rings. The highest BCUT2D eigenvalue weighted by atomic mass is 16.6. The van der Waals surface area contributed by atoms with Gasteiger partial charge in [0, 0.05) is 18.2 Å². The van der Waals surface area contributed by atoms with Crippen molar-refractivity contribution in [3.63, 3.8) is 0 Å². The molecule has 0 spiro atoms. The number of benzene rings is 1. The number of amides is 1. The molecule has 1 amide bonds. The van der Waals surface area contributed by atoms with E-state index in [9.17, 15) is 4.79 Å². The van der Waals surface area contributed by atoms with Gasteiger partial charge >= 0.3 is 0 Å². The Labute approximate surface area is 117 Å². The average Bonchev–Trinajstić information content (AvgIpc) is 2.88. The third-order valence-electron chi connectivity index (χ3n) is 2.73. The van der Waals surface area contributed by atoms with Crippen LogP contribution in [0, 0.1) is 0 Å². The molecule has 20 heavy (non-hydrogen) atoms. The Morgan fingerprint density at radius 1 is 1.25 bits per heavy atom. The van der Waals surface area contributed by atoms with E-state index in [4.69, 9.17) is 14.9 Å². The van der Waals surface area contributed by atoms with E-state index in [0.717, 1.165) is 0 Å². The van der Waals surface area contributed by atoms with Crippen LogP contribution in [0.25, 0.3) is 0 Å². The van der Waals surface area contributed by atoms with Gasteiger partial charge in [-0.3, -0.25) is 4.79 Å². The van der Waals surface area contributed by atoms with Gasteiger partial charge in [-0.2, -0.15) is 0 Å². The summed E-state index contributed by atoms with van der Waals surface area (Å²) in [6.07, 6.45) is 0. The minimum Gasteiger partial charge on any atom is -0.426 e. The first-order valence-corrected chi connectivity index (χ1v) is 6.35. The number of carbonyl (C=O) groups excluding carboxylic acids is 1. The van der Waals surface area contributed by atoms with Crippen LogP contribution in [0.3, 0.4) is 0 Å². The zero-order valence-electron chi connectivity index (χ0n) is 11.6. The van der Waals surface area contributed by atoms with Gasteiger partial charge in [0.05, 0.1) is 0 Å². The summed E-state index contributed by atoms with van der Waals surface area (Å²) in [6, 6.07) is 12.4. The molecule has 3 N–H and O–H groups in total. The molecule has 0 bridgehead atoms. The quantitative estimate of drug-likeness (QED) is 0.878. The maximum Gasteiger partial charge on any atom is 0.290 e. The summed E-state index contributed by atoms with van der Waals surface area (Å²) >= 11 is 0. The highest BCUT2D eigenvalue weighted by molar-refractivity contribution is 5.92. The number of ether oxygens (including phenoxy) is 1. The monoisotopic (exact) mass is 274 g/mol. The zero-order valence-corrected chi connectivity index (χ0v) is 11.6. The lowest BCUT2D eigenvalue weighted by Gasteiger charge is -2.23. The van der Waals surface area contributed by atoms with Crippen LogP contribution in [0.15, 0.2) is 46.9 Å². The summed E-state index contributed by atoms with van der Waals surface area (Å²) in [7, 11) is 0. The molecule has 106 valence electrons. The molecule has 0 radical (unpaired) electrons. The van der Waals surface area contributed by atoms with Crippen LogP contribution in [0.1, 0.15) is 24.4 Å². The molecule has 0 unspecified atom stereocenters. The van der Waals surface area contributed by atoms with Crippen LogP contribution in [0.5, 0.6) is 11.7 Å². The van der Waals surface area contributed by atoms with Gasteiger partial charge in [-0.1, -0.05) is 18.2 Å². The Balaban J connectivity index is 2.04. The highest BCUT2D eigenvalue weighted by Crippen LogP contribution is 2.23. The summed E-state index contributed by atoms with van der Waals surface area (Å²) in [5.74, 6) is 0.795. The minimum absolute atomic E-state index is 0.192. The topological polar surface area (TPSA) is 77.5 Å². The van der Waals surface area contributed by atoms with Crippen molar-refractivity contribution in [1.29, 1.82) is 0 Å². The van der Waals surface area contributed by atoms with Gasteiger partial charge in [-0.15, -0.1) is 0 Å². The molecule has 5 heteroatoms. The maximum absolute atomic E-state index is 12.0. The lowest BCUT2D eigenvalue weighted by Crippen LogP contribution is -2.48. The fourth-order valence-electron chi connectivity index (χ4n) is 1.52. The molecule has 0 saturated heterocycles. The molecule has 0 saturated carbocycles. The van der Waals surface area contributed by atoms with Crippen LogP contribution in [0.2, 0.25) is 0 Å². The minimum atomic E-state index is -0.482. The SMILES string of the molecule is CC(C)(CN)NC(=O)c1ccc(Oc2ccccc2)o1. The van der Waals surface area contributed by atoms with Gasteiger partial charge in [0.25, 0.3) is 11.9 Å². The molecule has 0 aliphatic heterocycles. The lowest BCUT2D eigenvalue weighted by molar-refractivity contribution is 0.0882. The molecule has 2 aromatic rings. The number of carbonyl (C=O) groups is 1. The molecule has 0 aliphatic rings. The Bertz CT molecular complexity index is 576. The number of hydrogen-bond acceptors (Lipinski definition) is 4. The lowest BCUT2D eigenvalue weighted by atomic mass is 10.1. The fourth-order valence-corrected chi connectivity index (χ4v) is 1.52. The van der Waals surface area contributed by atoms with E-state index in [1.54, 1.807) is 24.3 Å². The van der Waals surface area contributed by atoms with E-state index in [1.165, 1.54) is 0 Å². The van der Waals surface area contributed by atoms with Crippen molar-refractivity contribution in [2.75, 3.05) is 6.54 Å². The Kier molecular flexibility index (Phi) is 4.10. The van der Waals surface area contributed by atoms with Crippen molar-refractivity contribution in [3.8, 4) is 11.7 Å². The molecule has 1 aromatic heterocycles. The summed E-state index contributed by atoms with van der Waals surface area (Å²) in [5, 5.41) is 2.79. The normalized spacial score (nSPS) is 11.2. The summed E-state index contributed by atoms with van der Waals surface area (Å²) in [5.41, 5.74) is 5.09. The van der Waals surface area contributed by atoms with Gasteiger partial charge in [0.15, 0.2) is 5.76 Å². The number of furan rings is 1. The van der Waals surface area contributed by atoms with Crippen LogP contribution >= 0.6 is 0 Å². The smallest absolute Gasteiger partial charge is 0.290 e. The van der Waals surface area contributed by atoms with Crippen LogP contribution in [-0.4, -0.2) is 18.0 Å². The molecular formula is C15H18N2O3. The summed E-state index contributed by atoms with van der Waals surface area (Å²) < 4.78 is 10.9. The third-order valence-corrected chi connectivity index (χ3v) is 2.73. The van der Waals surface area contributed by atoms with Gasteiger partial charge < -0.3 is 20.2 Å². The number of rotatable bonds is 5. The van der Waals surface area contributed by atoms with Crippen LogP contribution < -0.4 is 15.8 Å². The highest BCUT2D eigenvalue weighted by Gasteiger charge is 2.21. The van der Waals surface area contributed by atoms with E-state index in [0.29, 0.717) is 12.3 Å². The van der Waals surface area contributed by atoms with E-state index in [-0.39, 0.29) is 17.6 Å². The standard InChI is InChI=1S/C15H18N2O3/c1-15(2,10-16)17-14(18)12-8-9-13(20-12)19-11-6-4-3-5-7-11/h3-9H,10,16H2,1-2H3,(H,17,18). The number of nitrogens with one attached hydrogen (secondary N) is 1. The van der Waals surface area contributed by atoms with E-state index < -0.39 is 5.54 Å². The first-order valence-electron chi connectivity index (χ1n) is 6.35. The Hall–Kier alpha value is -2.27. The van der Waals surface area contributed by atoms with E-state index >= 15 is 0 Å². The molecule has 1 heterocycles. The van der Waals surface area contributed by atoms with Crippen molar-refractivity contribution in [2.24, 2.45) is 5.73 Å². The zero-order chi connectivity index (χ0) is 14.6. The molecule has 0 atom stereocenters. The molecule has 0 aliphatic carbocycles. The first-order chi connectivity index (χ1) is 9.50. The average molecular weight is 274 g/mol. The number of hydrogen-bond donors (Lipinski definition) is 2. The number of nitrogens with two attached hydrogens (primary N) is 1. The van der Waals surface area contributed by atoms with Crippen molar-refractivity contribution in [3.05, 3.63) is 48.2 Å². The van der Waals surface area contributed by atoms with E-state index in [2.05, 4.69) is 5.32 Å². The van der Waals surface area contributed by atoms with E-state index in [1.807, 2.05) is 32.0 Å². The van der Waals surface area contributed by atoms with Gasteiger partial charge in [-0.05, 0) is 32.0 Å². The van der Waals surface area contributed by atoms with Crippen molar-refractivity contribution in [2.45, 2.75) is 19.4 Å². The van der Waals surface area contributed by atoms with Gasteiger partial charge in [-0.25, -0.2) is 0 Å². The van der Waals surface area contributed by atoms with Gasteiger partial charge in [0.2, 0.25) is 0 Å². The van der Waals surface area contributed by atoms with Crippen LogP contribution in [-0.2, 0) is 0 Å². The molecule has 5 nitrogen and oxygen atoms in total. The second-order valence-corrected chi connectivity index (χ2v) is 5.08. The van der Waals surface area contributed by atoms with Gasteiger partial charge in [0.1, 0.15) is 5.75 Å². The first kappa shape index (κ1) is 14.1.